The molecule has 2 aromatic heterocycles. The Kier molecular flexibility index (Phi) is 7.16. The summed E-state index contributed by atoms with van der Waals surface area (Å²) in [5, 5.41) is 16.3. The minimum atomic E-state index is -0.585. The molecule has 1 aromatic carbocycles. The minimum Gasteiger partial charge on any atom is -0.345 e. The van der Waals surface area contributed by atoms with Crippen LogP contribution in [0.25, 0.3) is 0 Å². The molecule has 3 rings (SSSR count). The van der Waals surface area contributed by atoms with Gasteiger partial charge in [-0.05, 0) is 32.9 Å². The van der Waals surface area contributed by atoms with E-state index in [1.807, 2.05) is 23.8 Å². The second-order valence-corrected chi connectivity index (χ2v) is 8.52. The van der Waals surface area contributed by atoms with Crippen molar-refractivity contribution in [1.82, 2.24) is 25.1 Å². The van der Waals surface area contributed by atoms with Gasteiger partial charge in [0, 0.05) is 11.9 Å². The van der Waals surface area contributed by atoms with Gasteiger partial charge < -0.3 is 15.2 Å². The van der Waals surface area contributed by atoms with Crippen molar-refractivity contribution in [2.75, 3.05) is 5.32 Å². The largest absolute Gasteiger partial charge is 0.345 e. The average molecular weight is 449 g/mol. The molecule has 0 aliphatic heterocycles. The highest BCUT2D eigenvalue weighted by Gasteiger charge is 2.21. The molecule has 3 aromatic rings. The van der Waals surface area contributed by atoms with Crippen LogP contribution in [0.4, 0.5) is 9.52 Å². The number of thiazole rings is 1. The number of aryl methyl sites for hydroxylation is 1. The molecule has 0 saturated heterocycles. The van der Waals surface area contributed by atoms with Crippen molar-refractivity contribution in [2.24, 2.45) is 0 Å². The van der Waals surface area contributed by atoms with E-state index < -0.39 is 17.0 Å². The molecule has 2 N–H and O–H groups in total. The topological polar surface area (TPSA) is 102 Å². The van der Waals surface area contributed by atoms with Crippen LogP contribution in [0, 0.1) is 12.7 Å². The summed E-state index contributed by atoms with van der Waals surface area (Å²) in [5.74, 6) is -0.778. The lowest BCUT2D eigenvalue weighted by molar-refractivity contribution is -0.115. The fraction of sp³-hybridized carbons (Fsp3) is 0.316. The van der Waals surface area contributed by atoms with Crippen LogP contribution in [0.15, 0.2) is 34.8 Å². The average Bonchev–Trinajstić information content (AvgIpc) is 3.31. The number of nitrogens with one attached hydrogen (secondary N) is 2. The summed E-state index contributed by atoms with van der Waals surface area (Å²) in [6.07, 6.45) is 0. The third-order valence-electron chi connectivity index (χ3n) is 4.14. The third kappa shape index (κ3) is 5.22. The standard InChI is InChI=1S/C19H21FN6O2S2/c1-4-26-15(9-21-17(28)13-7-5-6-8-14(13)20)24-25-19(26)30-12(3)16(27)23-18-22-11(2)10-29-18/h5-8,10,12H,4,9H2,1-3H3,(H,21,28)(H,22,23,27). The van der Waals surface area contributed by atoms with Gasteiger partial charge in [0.1, 0.15) is 5.82 Å². The summed E-state index contributed by atoms with van der Waals surface area (Å²) in [7, 11) is 0. The molecule has 2 heterocycles. The fourth-order valence-corrected chi connectivity index (χ4v) is 4.21. The van der Waals surface area contributed by atoms with Crippen LogP contribution in [-0.2, 0) is 17.9 Å². The van der Waals surface area contributed by atoms with Crippen LogP contribution in [0.5, 0.6) is 0 Å². The molecular formula is C19H21FN6O2S2. The molecule has 0 radical (unpaired) electrons. The summed E-state index contributed by atoms with van der Waals surface area (Å²) in [4.78, 5) is 28.9. The maximum Gasteiger partial charge on any atom is 0.254 e. The minimum absolute atomic E-state index is 0.0302. The van der Waals surface area contributed by atoms with Crippen molar-refractivity contribution in [3.8, 4) is 0 Å². The molecule has 1 atom stereocenters. The highest BCUT2D eigenvalue weighted by Crippen LogP contribution is 2.24. The highest BCUT2D eigenvalue weighted by atomic mass is 32.2. The van der Waals surface area contributed by atoms with Crippen LogP contribution in [0.2, 0.25) is 0 Å². The molecule has 0 fully saturated rings. The predicted molar refractivity (Wildman–Crippen MR) is 114 cm³/mol. The van der Waals surface area contributed by atoms with E-state index in [2.05, 4.69) is 25.8 Å². The zero-order valence-corrected chi connectivity index (χ0v) is 18.3. The Hall–Kier alpha value is -2.79. The van der Waals surface area contributed by atoms with Crippen LogP contribution in [0.3, 0.4) is 0 Å². The maximum absolute atomic E-state index is 13.8. The Morgan fingerprint density at radius 3 is 2.73 bits per heavy atom. The fourth-order valence-electron chi connectivity index (χ4n) is 2.58. The van der Waals surface area contributed by atoms with Crippen molar-refractivity contribution < 1.29 is 14.0 Å². The summed E-state index contributed by atoms with van der Waals surface area (Å²) in [6.45, 7) is 6.20. The predicted octanol–water partition coefficient (Wildman–Crippen LogP) is 3.25. The molecule has 2 amide bonds. The first-order valence-electron chi connectivity index (χ1n) is 9.23. The van der Waals surface area contributed by atoms with Gasteiger partial charge in [-0.15, -0.1) is 21.5 Å². The number of carbonyl (C=O) groups excluding carboxylic acids is 2. The van der Waals surface area contributed by atoms with Crippen LogP contribution < -0.4 is 10.6 Å². The molecule has 0 bridgehead atoms. The molecule has 0 aliphatic carbocycles. The molecule has 8 nitrogen and oxygen atoms in total. The summed E-state index contributed by atoms with van der Waals surface area (Å²) in [6, 6.07) is 5.77. The van der Waals surface area contributed by atoms with Crippen LogP contribution >= 0.6 is 23.1 Å². The van der Waals surface area contributed by atoms with Crippen LogP contribution in [0.1, 0.15) is 35.7 Å². The number of hydrogen-bond acceptors (Lipinski definition) is 7. The van der Waals surface area contributed by atoms with E-state index in [0.717, 1.165) is 5.69 Å². The molecule has 0 saturated carbocycles. The van der Waals surface area contributed by atoms with Gasteiger partial charge >= 0.3 is 0 Å². The van der Waals surface area contributed by atoms with Gasteiger partial charge in [-0.3, -0.25) is 9.59 Å². The van der Waals surface area contributed by atoms with Crippen molar-refractivity contribution in [2.45, 2.75) is 44.3 Å². The van der Waals surface area contributed by atoms with Gasteiger partial charge in [-0.2, -0.15) is 0 Å². The van der Waals surface area contributed by atoms with Gasteiger partial charge in [0.25, 0.3) is 5.91 Å². The molecule has 0 spiro atoms. The Balaban J connectivity index is 1.62. The number of hydrogen-bond donors (Lipinski definition) is 2. The lowest BCUT2D eigenvalue weighted by Gasteiger charge is -2.12. The number of aromatic nitrogens is 4. The van der Waals surface area contributed by atoms with Gasteiger partial charge in [-0.25, -0.2) is 9.37 Å². The smallest absolute Gasteiger partial charge is 0.254 e. The molecule has 1 unspecified atom stereocenters. The molecule has 0 aliphatic rings. The number of thioether (sulfide) groups is 1. The van der Waals surface area contributed by atoms with Crippen LogP contribution in [-0.4, -0.2) is 36.8 Å². The molecular weight excluding hydrogens is 427 g/mol. The SMILES string of the molecule is CCn1c(CNC(=O)c2ccccc2F)nnc1SC(C)C(=O)Nc1nc(C)cs1. The molecule has 158 valence electrons. The van der Waals surface area contributed by atoms with Crippen molar-refractivity contribution in [3.05, 3.63) is 52.5 Å². The Labute approximate surface area is 181 Å². The lowest BCUT2D eigenvalue weighted by atomic mass is 10.2. The number of halogens is 1. The molecule has 30 heavy (non-hydrogen) atoms. The highest BCUT2D eigenvalue weighted by molar-refractivity contribution is 8.00. The Morgan fingerprint density at radius 2 is 2.07 bits per heavy atom. The van der Waals surface area contributed by atoms with E-state index >= 15 is 0 Å². The number of amides is 2. The van der Waals surface area contributed by atoms with Crippen molar-refractivity contribution in [3.63, 3.8) is 0 Å². The van der Waals surface area contributed by atoms with Gasteiger partial charge in [-0.1, -0.05) is 23.9 Å². The van der Waals surface area contributed by atoms with Gasteiger partial charge in [0.15, 0.2) is 16.1 Å². The number of rotatable bonds is 8. The monoisotopic (exact) mass is 448 g/mol. The van der Waals surface area contributed by atoms with E-state index in [4.69, 9.17) is 0 Å². The number of carbonyl (C=O) groups is 2. The van der Waals surface area contributed by atoms with Crippen molar-refractivity contribution in [1.29, 1.82) is 0 Å². The molecule has 11 heteroatoms. The van der Waals surface area contributed by atoms with E-state index in [9.17, 15) is 14.0 Å². The first-order chi connectivity index (χ1) is 14.4. The summed E-state index contributed by atoms with van der Waals surface area (Å²) >= 11 is 2.63. The van der Waals surface area contributed by atoms with E-state index in [1.54, 1.807) is 13.0 Å². The number of nitrogens with zero attached hydrogens (tertiary/aromatic N) is 4. The van der Waals surface area contributed by atoms with Crippen molar-refractivity contribution >= 4 is 40.0 Å². The summed E-state index contributed by atoms with van der Waals surface area (Å²) in [5.41, 5.74) is 0.820. The lowest BCUT2D eigenvalue weighted by Crippen LogP contribution is -2.26. The Morgan fingerprint density at radius 1 is 1.30 bits per heavy atom. The third-order valence-corrected chi connectivity index (χ3v) is 6.09. The normalized spacial score (nSPS) is 11.9. The second-order valence-electron chi connectivity index (χ2n) is 6.35. The van der Waals surface area contributed by atoms with E-state index in [1.165, 1.54) is 41.3 Å². The first-order valence-corrected chi connectivity index (χ1v) is 11.0. The van der Waals surface area contributed by atoms with E-state index in [0.29, 0.717) is 22.7 Å². The zero-order valence-electron chi connectivity index (χ0n) is 16.7. The zero-order chi connectivity index (χ0) is 21.7. The summed E-state index contributed by atoms with van der Waals surface area (Å²) < 4.78 is 15.6. The Bertz CT molecular complexity index is 1050. The maximum atomic E-state index is 13.8. The van der Waals surface area contributed by atoms with Gasteiger partial charge in [0.05, 0.1) is 23.1 Å². The number of anilines is 1. The first kappa shape index (κ1) is 21.9. The number of benzene rings is 1. The second kappa shape index (κ2) is 9.81. The van der Waals surface area contributed by atoms with E-state index in [-0.39, 0.29) is 18.0 Å². The quantitative estimate of drug-likeness (QED) is 0.513. The van der Waals surface area contributed by atoms with Gasteiger partial charge in [0.2, 0.25) is 5.91 Å².